The van der Waals surface area contributed by atoms with Crippen LogP contribution in [0.2, 0.25) is 0 Å². The van der Waals surface area contributed by atoms with Gasteiger partial charge in [0, 0.05) is 33.9 Å². The quantitative estimate of drug-likeness (QED) is 0.282. The van der Waals surface area contributed by atoms with Crippen LogP contribution in [0.5, 0.6) is 0 Å². The third-order valence-corrected chi connectivity index (χ3v) is 7.60. The molecule has 1 atom stereocenters. The SMILES string of the molecule is CCN(C)[C@@H](COCc1ccccc1)CSc1c(-c2ccc(F)cc2F)c(C)cc2c(=O)[nH]c(=O)[nH]c12. The fourth-order valence-corrected chi connectivity index (χ4v) is 5.63. The van der Waals surface area contributed by atoms with Crippen LogP contribution < -0.4 is 11.2 Å². The van der Waals surface area contributed by atoms with E-state index in [0.717, 1.165) is 18.2 Å². The number of aromatic amines is 2. The third kappa shape index (κ3) is 6.18. The van der Waals surface area contributed by atoms with Crippen LogP contribution in [0.25, 0.3) is 22.0 Å². The number of hydrogen-bond acceptors (Lipinski definition) is 5. The summed E-state index contributed by atoms with van der Waals surface area (Å²) in [5, 5.41) is 0.298. The molecule has 0 bridgehead atoms. The van der Waals surface area contributed by atoms with Gasteiger partial charge >= 0.3 is 5.69 Å². The molecule has 0 radical (unpaired) electrons. The number of ether oxygens (including phenoxy) is 1. The zero-order chi connectivity index (χ0) is 26.5. The minimum Gasteiger partial charge on any atom is -0.375 e. The number of halogens is 2. The zero-order valence-electron chi connectivity index (χ0n) is 20.9. The first-order valence-corrected chi connectivity index (χ1v) is 13.0. The summed E-state index contributed by atoms with van der Waals surface area (Å²) in [7, 11) is 2.00. The number of hydrogen-bond donors (Lipinski definition) is 2. The fraction of sp³-hybridized carbons (Fsp3) is 0.286. The fourth-order valence-electron chi connectivity index (χ4n) is 4.20. The highest BCUT2D eigenvalue weighted by molar-refractivity contribution is 7.99. The largest absolute Gasteiger partial charge is 0.375 e. The molecule has 0 saturated carbocycles. The van der Waals surface area contributed by atoms with Gasteiger partial charge in [-0.3, -0.25) is 9.78 Å². The zero-order valence-corrected chi connectivity index (χ0v) is 21.8. The first-order valence-electron chi connectivity index (χ1n) is 12.0. The van der Waals surface area contributed by atoms with Crippen LogP contribution in [0.1, 0.15) is 18.1 Å². The number of likely N-dealkylation sites (N-methyl/N-ethyl adjacent to an activating group) is 1. The summed E-state index contributed by atoms with van der Waals surface area (Å²) in [5.74, 6) is -0.855. The lowest BCUT2D eigenvalue weighted by Gasteiger charge is -2.27. The molecule has 1 heterocycles. The van der Waals surface area contributed by atoms with Crippen LogP contribution in [-0.4, -0.2) is 46.9 Å². The lowest BCUT2D eigenvalue weighted by atomic mass is 9.98. The second-order valence-corrected chi connectivity index (χ2v) is 9.92. The Labute approximate surface area is 217 Å². The summed E-state index contributed by atoms with van der Waals surface area (Å²) in [6.07, 6.45) is 0. The molecule has 0 unspecified atom stereocenters. The molecule has 0 aliphatic heterocycles. The number of benzene rings is 3. The van der Waals surface area contributed by atoms with E-state index in [4.69, 9.17) is 4.74 Å². The van der Waals surface area contributed by atoms with E-state index in [1.807, 2.05) is 44.3 Å². The highest BCUT2D eigenvalue weighted by Crippen LogP contribution is 2.40. The van der Waals surface area contributed by atoms with Gasteiger partial charge in [-0.2, -0.15) is 0 Å². The smallest absolute Gasteiger partial charge is 0.326 e. The van der Waals surface area contributed by atoms with Crippen molar-refractivity contribution < 1.29 is 13.5 Å². The predicted molar refractivity (Wildman–Crippen MR) is 144 cm³/mol. The van der Waals surface area contributed by atoms with Gasteiger partial charge in [0.25, 0.3) is 5.56 Å². The molecule has 37 heavy (non-hydrogen) atoms. The summed E-state index contributed by atoms with van der Waals surface area (Å²) in [6, 6.07) is 14.9. The standard InChI is InChI=1S/C28H29F2N3O3S/c1-4-33(3)20(15-36-14-18-8-6-5-7-9-18)16-37-26-24(21-11-10-19(29)13-23(21)30)17(2)12-22-25(26)31-28(35)32-27(22)34/h5-13,20H,4,14-16H2,1-3H3,(H2,31,32,34,35)/t20-/m0/s1. The predicted octanol–water partition coefficient (Wildman–Crippen LogP) is 5.10. The minimum absolute atomic E-state index is 0.00564. The maximum atomic E-state index is 14.9. The van der Waals surface area contributed by atoms with E-state index in [1.54, 1.807) is 13.0 Å². The topological polar surface area (TPSA) is 78.2 Å². The van der Waals surface area contributed by atoms with Crippen molar-refractivity contribution in [3.8, 4) is 11.1 Å². The number of H-pyrrole nitrogens is 2. The van der Waals surface area contributed by atoms with Crippen molar-refractivity contribution in [2.75, 3.05) is 26.0 Å². The van der Waals surface area contributed by atoms with Gasteiger partial charge in [-0.15, -0.1) is 11.8 Å². The Balaban J connectivity index is 1.72. The molecule has 2 N–H and O–H groups in total. The van der Waals surface area contributed by atoms with Crippen molar-refractivity contribution in [1.29, 1.82) is 0 Å². The molecule has 4 aromatic rings. The first kappa shape index (κ1) is 26.8. The minimum atomic E-state index is -0.718. The van der Waals surface area contributed by atoms with Gasteiger partial charge in [0.05, 0.1) is 24.1 Å². The molecule has 194 valence electrons. The molecule has 3 aromatic carbocycles. The van der Waals surface area contributed by atoms with Gasteiger partial charge in [-0.05, 0) is 49.8 Å². The van der Waals surface area contributed by atoms with Gasteiger partial charge in [0.2, 0.25) is 0 Å². The molecule has 0 spiro atoms. The summed E-state index contributed by atoms with van der Waals surface area (Å²) >= 11 is 1.41. The molecule has 9 heteroatoms. The van der Waals surface area contributed by atoms with Gasteiger partial charge in [0.1, 0.15) is 11.6 Å². The second-order valence-electron chi connectivity index (χ2n) is 8.89. The number of nitrogens with zero attached hydrogens (tertiary/aromatic N) is 1. The van der Waals surface area contributed by atoms with E-state index >= 15 is 0 Å². The highest BCUT2D eigenvalue weighted by Gasteiger charge is 2.22. The van der Waals surface area contributed by atoms with Crippen LogP contribution >= 0.6 is 11.8 Å². The number of nitrogens with one attached hydrogen (secondary N) is 2. The summed E-state index contributed by atoms with van der Waals surface area (Å²) < 4.78 is 34.7. The third-order valence-electron chi connectivity index (χ3n) is 6.35. The molecule has 0 saturated heterocycles. The second kappa shape index (κ2) is 11.9. The van der Waals surface area contributed by atoms with Crippen molar-refractivity contribution in [3.63, 3.8) is 0 Å². The molecule has 0 aliphatic rings. The van der Waals surface area contributed by atoms with Gasteiger partial charge < -0.3 is 14.6 Å². The van der Waals surface area contributed by atoms with Crippen molar-refractivity contribution in [1.82, 2.24) is 14.9 Å². The van der Waals surface area contributed by atoms with E-state index in [0.29, 0.717) is 45.9 Å². The van der Waals surface area contributed by atoms with Crippen LogP contribution in [0.15, 0.2) is 69.1 Å². The Morgan fingerprint density at radius 3 is 2.51 bits per heavy atom. The molecule has 1 aromatic heterocycles. The van der Waals surface area contributed by atoms with Gasteiger partial charge in [0.15, 0.2) is 0 Å². The van der Waals surface area contributed by atoms with Crippen LogP contribution in [0, 0.1) is 18.6 Å². The lowest BCUT2D eigenvalue weighted by Crippen LogP contribution is -2.37. The van der Waals surface area contributed by atoms with Gasteiger partial charge in [-0.25, -0.2) is 13.6 Å². The molecular weight excluding hydrogens is 496 g/mol. The van der Waals surface area contributed by atoms with Crippen molar-refractivity contribution in [2.24, 2.45) is 0 Å². The van der Waals surface area contributed by atoms with E-state index in [1.165, 1.54) is 23.9 Å². The van der Waals surface area contributed by atoms with E-state index in [2.05, 4.69) is 14.9 Å². The number of aromatic nitrogens is 2. The summed E-state index contributed by atoms with van der Waals surface area (Å²) in [5.41, 5.74) is 1.57. The number of aryl methyl sites for hydroxylation is 1. The molecule has 0 amide bonds. The first-order chi connectivity index (χ1) is 17.8. The van der Waals surface area contributed by atoms with E-state index < -0.39 is 22.9 Å². The van der Waals surface area contributed by atoms with Crippen molar-refractivity contribution in [3.05, 3.63) is 98.2 Å². The van der Waals surface area contributed by atoms with Crippen LogP contribution in [-0.2, 0) is 11.3 Å². The number of thioether (sulfide) groups is 1. The molecule has 0 aliphatic carbocycles. The average Bonchev–Trinajstić information content (AvgIpc) is 2.87. The normalized spacial score (nSPS) is 12.4. The molecule has 4 rings (SSSR count). The Morgan fingerprint density at radius 1 is 1.05 bits per heavy atom. The Kier molecular flexibility index (Phi) is 8.58. The number of rotatable bonds is 10. The molecular formula is C28H29F2N3O3S. The summed E-state index contributed by atoms with van der Waals surface area (Å²) in [4.78, 5) is 32.5. The monoisotopic (exact) mass is 525 g/mol. The average molecular weight is 526 g/mol. The van der Waals surface area contributed by atoms with E-state index in [9.17, 15) is 18.4 Å². The highest BCUT2D eigenvalue weighted by atomic mass is 32.2. The molecule has 6 nitrogen and oxygen atoms in total. The van der Waals surface area contributed by atoms with Crippen LogP contribution in [0.4, 0.5) is 8.78 Å². The molecule has 0 fully saturated rings. The lowest BCUT2D eigenvalue weighted by molar-refractivity contribution is 0.0703. The van der Waals surface area contributed by atoms with Crippen molar-refractivity contribution >= 4 is 22.7 Å². The van der Waals surface area contributed by atoms with Crippen molar-refractivity contribution in [2.45, 2.75) is 31.4 Å². The maximum Gasteiger partial charge on any atom is 0.326 e. The van der Waals surface area contributed by atoms with Crippen LogP contribution in [0.3, 0.4) is 0 Å². The summed E-state index contributed by atoms with van der Waals surface area (Å²) in [6.45, 7) is 5.53. The number of fused-ring (bicyclic) bond motifs is 1. The maximum absolute atomic E-state index is 14.9. The van der Waals surface area contributed by atoms with E-state index in [-0.39, 0.29) is 11.6 Å². The van der Waals surface area contributed by atoms with Gasteiger partial charge in [-0.1, -0.05) is 37.3 Å². The Morgan fingerprint density at radius 2 is 1.81 bits per heavy atom. The Hall–Kier alpha value is -3.27. The Bertz CT molecular complexity index is 1500.